The van der Waals surface area contributed by atoms with Crippen LogP contribution in [0.1, 0.15) is 42.2 Å². The van der Waals surface area contributed by atoms with Crippen LogP contribution in [0.4, 0.5) is 0 Å². The summed E-state index contributed by atoms with van der Waals surface area (Å²) in [6.45, 7) is 6.44. The Hall–Kier alpha value is -0.340. The number of aliphatic hydroxyl groups is 1. The lowest BCUT2D eigenvalue weighted by atomic mass is 9.88. The molecule has 2 rings (SSSR count). The molecule has 0 bridgehead atoms. The topological polar surface area (TPSA) is 20.2 Å². The van der Waals surface area contributed by atoms with Gasteiger partial charge in [0.1, 0.15) is 0 Å². The Morgan fingerprint density at radius 2 is 2.31 bits per heavy atom. The molecule has 1 aromatic heterocycles. The molecule has 0 aromatic carbocycles. The van der Waals surface area contributed by atoms with Gasteiger partial charge in [-0.25, -0.2) is 0 Å². The molecule has 13 heavy (non-hydrogen) atoms. The predicted octanol–water partition coefficient (Wildman–Crippen LogP) is 2.93. The van der Waals surface area contributed by atoms with E-state index >= 15 is 0 Å². The summed E-state index contributed by atoms with van der Waals surface area (Å²) in [4.78, 5) is 2.80. The van der Waals surface area contributed by atoms with Crippen LogP contribution in [-0.2, 0) is 12.8 Å². The average Bonchev–Trinajstić information content (AvgIpc) is 2.52. The van der Waals surface area contributed by atoms with E-state index in [2.05, 4.69) is 26.8 Å². The van der Waals surface area contributed by atoms with Gasteiger partial charge < -0.3 is 5.11 Å². The number of aliphatic hydroxyl groups excluding tert-OH is 1. The largest absolute Gasteiger partial charge is 0.388 e. The summed E-state index contributed by atoms with van der Waals surface area (Å²) in [7, 11) is 0. The lowest BCUT2D eigenvalue weighted by Crippen LogP contribution is -2.17. The van der Waals surface area contributed by atoms with Gasteiger partial charge in [0.25, 0.3) is 0 Å². The molecule has 1 aliphatic carbocycles. The molecule has 0 radical (unpaired) electrons. The number of thiophene rings is 1. The third kappa shape index (κ3) is 1.32. The SMILES string of the molecule is CCc1cc2c(s1)CC(C)(C)C2O. The normalized spacial score (nSPS) is 24.8. The smallest absolute Gasteiger partial charge is 0.0855 e. The van der Waals surface area contributed by atoms with Crippen molar-refractivity contribution in [2.75, 3.05) is 0 Å². The van der Waals surface area contributed by atoms with Crippen LogP contribution in [0.2, 0.25) is 0 Å². The molecular formula is C11H16OS. The predicted molar refractivity (Wildman–Crippen MR) is 56.1 cm³/mol. The zero-order valence-corrected chi connectivity index (χ0v) is 9.24. The van der Waals surface area contributed by atoms with E-state index in [9.17, 15) is 5.11 Å². The first-order chi connectivity index (χ1) is 6.04. The Morgan fingerprint density at radius 1 is 1.62 bits per heavy atom. The second-order valence-corrected chi connectivity index (χ2v) is 5.73. The van der Waals surface area contributed by atoms with Gasteiger partial charge in [0.05, 0.1) is 6.10 Å². The van der Waals surface area contributed by atoms with Crippen molar-refractivity contribution in [3.05, 3.63) is 21.4 Å². The zero-order valence-electron chi connectivity index (χ0n) is 8.42. The van der Waals surface area contributed by atoms with E-state index in [1.54, 1.807) is 0 Å². The molecule has 1 nitrogen and oxygen atoms in total. The van der Waals surface area contributed by atoms with E-state index in [4.69, 9.17) is 0 Å². The van der Waals surface area contributed by atoms with Crippen LogP contribution < -0.4 is 0 Å². The number of fused-ring (bicyclic) bond motifs is 1. The summed E-state index contributed by atoms with van der Waals surface area (Å²) < 4.78 is 0. The van der Waals surface area contributed by atoms with Crippen LogP contribution in [-0.4, -0.2) is 5.11 Å². The number of hydrogen-bond donors (Lipinski definition) is 1. The van der Waals surface area contributed by atoms with E-state index < -0.39 is 0 Å². The third-order valence-electron chi connectivity index (χ3n) is 2.89. The average molecular weight is 196 g/mol. The van der Waals surface area contributed by atoms with Gasteiger partial charge in [-0.05, 0) is 29.9 Å². The molecule has 0 spiro atoms. The second-order valence-electron chi connectivity index (χ2n) is 4.51. The van der Waals surface area contributed by atoms with Crippen molar-refractivity contribution in [1.82, 2.24) is 0 Å². The highest BCUT2D eigenvalue weighted by Gasteiger charge is 2.38. The lowest BCUT2D eigenvalue weighted by Gasteiger charge is -2.22. The Balaban J connectivity index is 2.39. The summed E-state index contributed by atoms with van der Waals surface area (Å²) in [5.41, 5.74) is 1.24. The maximum Gasteiger partial charge on any atom is 0.0855 e. The molecule has 0 aliphatic heterocycles. The highest BCUT2D eigenvalue weighted by molar-refractivity contribution is 7.12. The molecule has 0 fully saturated rings. The maximum absolute atomic E-state index is 10.0. The minimum Gasteiger partial charge on any atom is -0.388 e. The number of aryl methyl sites for hydroxylation is 1. The summed E-state index contributed by atoms with van der Waals surface area (Å²) >= 11 is 1.87. The molecule has 1 N–H and O–H groups in total. The Bertz CT molecular complexity index is 325. The molecule has 1 aromatic rings. The van der Waals surface area contributed by atoms with Crippen LogP contribution in [0.5, 0.6) is 0 Å². The molecule has 1 aliphatic rings. The Labute approximate surface area is 83.4 Å². The summed E-state index contributed by atoms with van der Waals surface area (Å²) in [6, 6.07) is 2.18. The highest BCUT2D eigenvalue weighted by atomic mass is 32.1. The molecule has 72 valence electrons. The standard InChI is InChI=1S/C11H16OS/c1-4-7-5-8-9(13-7)6-11(2,3)10(8)12/h5,10,12H,4,6H2,1-3H3. The number of rotatable bonds is 1. The first-order valence-electron chi connectivity index (χ1n) is 4.84. The van der Waals surface area contributed by atoms with Gasteiger partial charge in [-0.3, -0.25) is 0 Å². The maximum atomic E-state index is 10.0. The second kappa shape index (κ2) is 2.82. The minimum atomic E-state index is -0.251. The van der Waals surface area contributed by atoms with Crippen LogP contribution in [0.15, 0.2) is 6.07 Å². The van der Waals surface area contributed by atoms with Gasteiger partial charge in [-0.2, -0.15) is 0 Å². The fraction of sp³-hybridized carbons (Fsp3) is 0.636. The van der Waals surface area contributed by atoms with Gasteiger partial charge in [-0.1, -0.05) is 20.8 Å². The van der Waals surface area contributed by atoms with E-state index in [0.29, 0.717) is 0 Å². The third-order valence-corrected chi connectivity index (χ3v) is 4.19. The molecule has 1 atom stereocenters. The summed E-state index contributed by atoms with van der Waals surface area (Å²) in [5.74, 6) is 0. The van der Waals surface area contributed by atoms with Crippen molar-refractivity contribution >= 4 is 11.3 Å². The van der Waals surface area contributed by atoms with E-state index in [1.807, 2.05) is 11.3 Å². The molecule has 0 saturated carbocycles. The lowest BCUT2D eigenvalue weighted by molar-refractivity contribution is 0.0665. The molecular weight excluding hydrogens is 180 g/mol. The van der Waals surface area contributed by atoms with E-state index in [1.165, 1.54) is 15.3 Å². The van der Waals surface area contributed by atoms with Crippen LogP contribution in [0, 0.1) is 5.41 Å². The van der Waals surface area contributed by atoms with Crippen molar-refractivity contribution < 1.29 is 5.11 Å². The first-order valence-corrected chi connectivity index (χ1v) is 5.66. The van der Waals surface area contributed by atoms with Gasteiger partial charge >= 0.3 is 0 Å². The van der Waals surface area contributed by atoms with Crippen LogP contribution >= 0.6 is 11.3 Å². The van der Waals surface area contributed by atoms with E-state index in [0.717, 1.165) is 12.8 Å². The first kappa shape index (κ1) is 9.22. The Morgan fingerprint density at radius 3 is 2.85 bits per heavy atom. The van der Waals surface area contributed by atoms with Crippen molar-refractivity contribution in [3.63, 3.8) is 0 Å². The zero-order chi connectivity index (χ0) is 9.64. The molecule has 2 heteroatoms. The van der Waals surface area contributed by atoms with Gasteiger partial charge in [0.15, 0.2) is 0 Å². The fourth-order valence-corrected chi connectivity index (χ4v) is 3.36. The van der Waals surface area contributed by atoms with Crippen molar-refractivity contribution in [2.45, 2.75) is 39.7 Å². The van der Waals surface area contributed by atoms with Crippen LogP contribution in [0.25, 0.3) is 0 Å². The quantitative estimate of drug-likeness (QED) is 0.732. The summed E-state index contributed by atoms with van der Waals surface area (Å²) in [6.07, 6.45) is 1.87. The Kier molecular flexibility index (Phi) is 2.00. The highest BCUT2D eigenvalue weighted by Crippen LogP contribution is 2.48. The van der Waals surface area contributed by atoms with Crippen LogP contribution in [0.3, 0.4) is 0 Å². The van der Waals surface area contributed by atoms with Gasteiger partial charge in [-0.15, -0.1) is 11.3 Å². The van der Waals surface area contributed by atoms with Gasteiger partial charge in [0.2, 0.25) is 0 Å². The van der Waals surface area contributed by atoms with Gasteiger partial charge in [0, 0.05) is 9.75 Å². The monoisotopic (exact) mass is 196 g/mol. The molecule has 0 saturated heterocycles. The molecule has 1 unspecified atom stereocenters. The minimum absolute atomic E-state index is 0.0490. The van der Waals surface area contributed by atoms with Crippen molar-refractivity contribution in [1.29, 1.82) is 0 Å². The van der Waals surface area contributed by atoms with E-state index in [-0.39, 0.29) is 11.5 Å². The van der Waals surface area contributed by atoms with Crippen molar-refractivity contribution in [2.24, 2.45) is 5.41 Å². The summed E-state index contributed by atoms with van der Waals surface area (Å²) in [5, 5.41) is 10.0. The number of hydrogen-bond acceptors (Lipinski definition) is 2. The fourth-order valence-electron chi connectivity index (χ4n) is 1.98. The molecule has 0 amide bonds. The molecule has 1 heterocycles. The van der Waals surface area contributed by atoms with Crippen molar-refractivity contribution in [3.8, 4) is 0 Å².